The van der Waals surface area contributed by atoms with Gasteiger partial charge in [-0.05, 0) is 12.1 Å². The molecule has 1 aliphatic heterocycles. The fraction of sp³-hybridized carbons (Fsp3) is 0.286. The molecule has 3 aromatic heterocycles. The predicted molar refractivity (Wildman–Crippen MR) is 85.2 cm³/mol. The second-order valence-corrected chi connectivity index (χ2v) is 6.62. The van der Waals surface area contributed by atoms with E-state index in [1.165, 1.54) is 18.3 Å². The first-order valence-corrected chi connectivity index (χ1v) is 8.15. The summed E-state index contributed by atoms with van der Waals surface area (Å²) >= 11 is 0.856. The van der Waals surface area contributed by atoms with Gasteiger partial charge < -0.3 is 15.6 Å². The highest BCUT2D eigenvalue weighted by Crippen LogP contribution is 2.37. The Morgan fingerprint density at radius 3 is 2.76 bits per heavy atom. The van der Waals surface area contributed by atoms with Crippen molar-refractivity contribution in [3.05, 3.63) is 30.2 Å². The van der Waals surface area contributed by atoms with Gasteiger partial charge in [-0.2, -0.15) is 18.2 Å². The number of halogens is 3. The number of nitrogens with two attached hydrogens (primary N) is 1. The average molecular weight is 367 g/mol. The molecule has 0 unspecified atom stereocenters. The summed E-state index contributed by atoms with van der Waals surface area (Å²) in [5.74, 6) is 0.608. The molecule has 1 saturated heterocycles. The molecule has 3 N–H and O–H groups in total. The Bertz CT molecular complexity index is 920. The van der Waals surface area contributed by atoms with E-state index >= 15 is 0 Å². The van der Waals surface area contributed by atoms with Crippen LogP contribution in [0.2, 0.25) is 0 Å². The maximum atomic E-state index is 13.0. The molecule has 130 valence electrons. The van der Waals surface area contributed by atoms with Crippen LogP contribution in [0.25, 0.3) is 11.3 Å². The van der Waals surface area contributed by atoms with Crippen LogP contribution in [0.1, 0.15) is 5.69 Å². The number of pyridine rings is 1. The number of aromatic nitrogens is 5. The molecule has 0 bridgehead atoms. The number of aromatic amines is 1. The molecule has 4 rings (SSSR count). The number of hydrogen-bond acceptors (Lipinski definition) is 7. The second-order valence-electron chi connectivity index (χ2n) is 5.56. The number of imidazole rings is 1. The number of hydrogen-bond donors (Lipinski definition) is 2. The van der Waals surface area contributed by atoms with Gasteiger partial charge in [0.05, 0.1) is 6.20 Å². The number of alkyl halides is 3. The van der Waals surface area contributed by atoms with Crippen LogP contribution in [0.3, 0.4) is 0 Å². The molecule has 0 aliphatic carbocycles. The van der Waals surface area contributed by atoms with Crippen molar-refractivity contribution in [2.75, 3.05) is 18.0 Å². The molecule has 25 heavy (non-hydrogen) atoms. The van der Waals surface area contributed by atoms with Crippen molar-refractivity contribution in [2.45, 2.75) is 22.1 Å². The third-order valence-corrected chi connectivity index (χ3v) is 4.59. The summed E-state index contributed by atoms with van der Waals surface area (Å²) in [7, 11) is 0. The summed E-state index contributed by atoms with van der Waals surface area (Å²) < 4.78 is 39.1. The van der Waals surface area contributed by atoms with Gasteiger partial charge in [0.25, 0.3) is 0 Å². The molecule has 11 heteroatoms. The van der Waals surface area contributed by atoms with Crippen LogP contribution in [-0.2, 0) is 6.18 Å². The minimum Gasteiger partial charge on any atom is -0.339 e. The fourth-order valence-corrected chi connectivity index (χ4v) is 3.33. The average Bonchev–Trinajstić information content (AvgIpc) is 2.94. The summed E-state index contributed by atoms with van der Waals surface area (Å²) in [6, 6.07) is 2.92. The minimum absolute atomic E-state index is 0.0305. The molecule has 1 aliphatic rings. The Balaban J connectivity index is 1.62. The highest BCUT2D eigenvalue weighted by molar-refractivity contribution is 7.99. The Morgan fingerprint density at radius 2 is 2.04 bits per heavy atom. The van der Waals surface area contributed by atoms with Crippen LogP contribution in [0.4, 0.5) is 19.1 Å². The molecule has 1 fully saturated rings. The third kappa shape index (κ3) is 3.12. The molecule has 0 aromatic carbocycles. The van der Waals surface area contributed by atoms with E-state index in [2.05, 4.69) is 24.9 Å². The molecule has 0 spiro atoms. The number of fused-ring (bicyclic) bond motifs is 1. The van der Waals surface area contributed by atoms with Gasteiger partial charge in [-0.15, -0.1) is 0 Å². The van der Waals surface area contributed by atoms with Crippen LogP contribution in [0.5, 0.6) is 0 Å². The third-order valence-electron chi connectivity index (χ3n) is 3.64. The van der Waals surface area contributed by atoms with E-state index in [4.69, 9.17) is 5.73 Å². The SMILES string of the molecule is NC1CN(c2nc3ncc(Sc4cccnc4C(F)(F)F)nc3[nH]2)C1. The largest absolute Gasteiger partial charge is 0.434 e. The van der Waals surface area contributed by atoms with Gasteiger partial charge in [0.15, 0.2) is 17.0 Å². The van der Waals surface area contributed by atoms with Crippen molar-refractivity contribution in [1.29, 1.82) is 0 Å². The van der Waals surface area contributed by atoms with Gasteiger partial charge in [-0.1, -0.05) is 11.8 Å². The van der Waals surface area contributed by atoms with E-state index in [1.54, 1.807) is 0 Å². The standard InChI is InChI=1S/C14H12F3N7S/c15-14(16,17)10-8(2-1-3-19-10)25-9-4-20-11-12(21-9)23-13(22-11)24-5-7(18)6-24/h1-4,7H,5-6,18H2,(H,20,21,22,23). The molecular weight excluding hydrogens is 355 g/mol. The zero-order valence-corrected chi connectivity index (χ0v) is 13.5. The van der Waals surface area contributed by atoms with Gasteiger partial charge in [0.2, 0.25) is 5.95 Å². The van der Waals surface area contributed by atoms with E-state index in [9.17, 15) is 13.2 Å². The molecule has 0 atom stereocenters. The summed E-state index contributed by atoms with van der Waals surface area (Å²) in [4.78, 5) is 21.2. The maximum Gasteiger partial charge on any atom is 0.434 e. The highest BCUT2D eigenvalue weighted by Gasteiger charge is 2.35. The lowest BCUT2D eigenvalue weighted by molar-refractivity contribution is -0.143. The van der Waals surface area contributed by atoms with E-state index in [0.29, 0.717) is 35.4 Å². The van der Waals surface area contributed by atoms with Crippen molar-refractivity contribution >= 4 is 29.0 Å². The van der Waals surface area contributed by atoms with E-state index in [-0.39, 0.29) is 10.9 Å². The lowest BCUT2D eigenvalue weighted by Gasteiger charge is -2.36. The zero-order chi connectivity index (χ0) is 17.6. The zero-order valence-electron chi connectivity index (χ0n) is 12.7. The topological polar surface area (TPSA) is 96.6 Å². The quantitative estimate of drug-likeness (QED) is 0.731. The van der Waals surface area contributed by atoms with Crippen molar-refractivity contribution in [3.63, 3.8) is 0 Å². The second kappa shape index (κ2) is 5.85. The number of nitrogens with zero attached hydrogens (tertiary/aromatic N) is 5. The number of anilines is 1. The van der Waals surface area contributed by atoms with Gasteiger partial charge in [-0.3, -0.25) is 4.98 Å². The van der Waals surface area contributed by atoms with Gasteiger partial charge in [0, 0.05) is 30.2 Å². The summed E-state index contributed by atoms with van der Waals surface area (Å²) in [5, 5.41) is 0.321. The monoisotopic (exact) mass is 367 g/mol. The molecule has 0 radical (unpaired) electrons. The van der Waals surface area contributed by atoms with E-state index in [0.717, 1.165) is 18.0 Å². The minimum atomic E-state index is -4.53. The first-order valence-electron chi connectivity index (χ1n) is 7.33. The van der Waals surface area contributed by atoms with E-state index in [1.807, 2.05) is 4.90 Å². The Kier molecular flexibility index (Phi) is 3.76. The Hall–Kier alpha value is -2.40. The summed E-state index contributed by atoms with van der Waals surface area (Å²) in [5.41, 5.74) is 5.62. The fourth-order valence-electron chi connectivity index (χ4n) is 2.45. The smallest absolute Gasteiger partial charge is 0.339 e. The maximum absolute atomic E-state index is 13.0. The molecule has 7 nitrogen and oxygen atoms in total. The van der Waals surface area contributed by atoms with Crippen molar-refractivity contribution in [1.82, 2.24) is 24.9 Å². The van der Waals surface area contributed by atoms with Gasteiger partial charge >= 0.3 is 6.18 Å². The van der Waals surface area contributed by atoms with Crippen LogP contribution < -0.4 is 10.6 Å². The van der Waals surface area contributed by atoms with Crippen molar-refractivity contribution in [3.8, 4) is 0 Å². The van der Waals surface area contributed by atoms with Crippen molar-refractivity contribution in [2.24, 2.45) is 5.73 Å². The normalized spacial score (nSPS) is 15.6. The number of nitrogens with one attached hydrogen (secondary N) is 1. The number of rotatable bonds is 3. The molecule has 0 amide bonds. The Morgan fingerprint density at radius 1 is 1.24 bits per heavy atom. The molecule has 3 aromatic rings. The molecule has 0 saturated carbocycles. The van der Waals surface area contributed by atoms with E-state index < -0.39 is 11.9 Å². The molecule has 4 heterocycles. The summed E-state index contributed by atoms with van der Waals surface area (Å²) in [6.45, 7) is 1.37. The lowest BCUT2D eigenvalue weighted by atomic mass is 10.1. The van der Waals surface area contributed by atoms with Crippen LogP contribution >= 0.6 is 11.8 Å². The van der Waals surface area contributed by atoms with Crippen molar-refractivity contribution < 1.29 is 13.2 Å². The lowest BCUT2D eigenvalue weighted by Crippen LogP contribution is -2.56. The molecular formula is C14H12F3N7S. The van der Waals surface area contributed by atoms with Crippen LogP contribution in [0.15, 0.2) is 34.4 Å². The van der Waals surface area contributed by atoms with Crippen LogP contribution in [-0.4, -0.2) is 44.1 Å². The first kappa shape index (κ1) is 16.1. The number of H-pyrrole nitrogens is 1. The highest BCUT2D eigenvalue weighted by atomic mass is 32.2. The van der Waals surface area contributed by atoms with Gasteiger partial charge in [-0.25, -0.2) is 9.97 Å². The van der Waals surface area contributed by atoms with Crippen LogP contribution in [0, 0.1) is 0 Å². The summed E-state index contributed by atoms with van der Waals surface area (Å²) in [6.07, 6.45) is -2.02. The van der Waals surface area contributed by atoms with Gasteiger partial charge in [0.1, 0.15) is 5.03 Å². The first-order chi connectivity index (χ1) is 11.9. The Labute approximate surface area is 143 Å². The predicted octanol–water partition coefficient (Wildman–Crippen LogP) is 2.07.